The molecule has 0 aromatic carbocycles. The lowest BCUT2D eigenvalue weighted by molar-refractivity contribution is -0.186. The van der Waals surface area contributed by atoms with E-state index in [1.807, 2.05) is 0 Å². The van der Waals surface area contributed by atoms with Gasteiger partial charge < -0.3 is 19.8 Å². The van der Waals surface area contributed by atoms with Crippen molar-refractivity contribution in [3.05, 3.63) is 0 Å². The Labute approximate surface area is 131 Å². The minimum Gasteiger partial charge on any atom is -0.389 e. The number of ether oxygens (including phenoxy) is 1. The first kappa shape index (κ1) is 17.4. The first-order valence-corrected chi connectivity index (χ1v) is 8.05. The first-order valence-electron chi connectivity index (χ1n) is 8.05. The highest BCUT2D eigenvalue weighted by atomic mass is 16.5. The fourth-order valence-corrected chi connectivity index (χ4v) is 3.91. The zero-order chi connectivity index (χ0) is 16.5. The molecule has 2 N–H and O–H groups in total. The summed E-state index contributed by atoms with van der Waals surface area (Å²) in [5.41, 5.74) is -2.95. The van der Waals surface area contributed by atoms with Crippen LogP contribution in [0.2, 0.25) is 0 Å². The Bertz CT molecular complexity index is 450. The fourth-order valence-electron chi connectivity index (χ4n) is 3.91. The van der Waals surface area contributed by atoms with E-state index >= 15 is 0 Å². The quantitative estimate of drug-likeness (QED) is 0.738. The number of methoxy groups -OCH3 is 1. The zero-order valence-electron chi connectivity index (χ0n) is 13.7. The molecule has 22 heavy (non-hydrogen) atoms. The summed E-state index contributed by atoms with van der Waals surface area (Å²) in [6, 6.07) is -0.0622. The van der Waals surface area contributed by atoms with Crippen LogP contribution in [0.15, 0.2) is 0 Å². The van der Waals surface area contributed by atoms with Crippen molar-refractivity contribution in [2.75, 3.05) is 20.3 Å². The Balaban J connectivity index is 2.35. The van der Waals surface area contributed by atoms with Crippen LogP contribution < -0.4 is 0 Å². The third kappa shape index (κ3) is 2.57. The summed E-state index contributed by atoms with van der Waals surface area (Å²) in [4.78, 5) is 27.3. The SMILES string of the molecule is CC[C@@]1(C(=O)N2CCC[C@H]2COC)C(=O)CC[C@](C)(O)[C@H]1O. The summed E-state index contributed by atoms with van der Waals surface area (Å²) >= 11 is 0. The molecular weight excluding hydrogens is 286 g/mol. The van der Waals surface area contributed by atoms with Gasteiger partial charge in [0.05, 0.1) is 18.2 Å². The first-order chi connectivity index (χ1) is 10.3. The molecule has 4 atom stereocenters. The smallest absolute Gasteiger partial charge is 0.239 e. The maximum Gasteiger partial charge on any atom is 0.239 e. The average Bonchev–Trinajstić information content (AvgIpc) is 2.93. The van der Waals surface area contributed by atoms with Gasteiger partial charge in [0, 0.05) is 20.1 Å². The van der Waals surface area contributed by atoms with Gasteiger partial charge in [-0.25, -0.2) is 0 Å². The summed E-state index contributed by atoms with van der Waals surface area (Å²) in [5.74, 6) is -0.617. The van der Waals surface area contributed by atoms with Crippen molar-refractivity contribution >= 4 is 11.7 Å². The van der Waals surface area contributed by atoms with E-state index in [0.29, 0.717) is 13.2 Å². The minimum atomic E-state index is -1.53. The second-order valence-corrected chi connectivity index (χ2v) is 6.76. The van der Waals surface area contributed by atoms with E-state index in [0.717, 1.165) is 12.8 Å². The van der Waals surface area contributed by atoms with E-state index in [1.165, 1.54) is 6.92 Å². The molecular formula is C16H27NO5. The van der Waals surface area contributed by atoms with Crippen molar-refractivity contribution in [3.63, 3.8) is 0 Å². The highest BCUT2D eigenvalue weighted by Gasteiger charge is 2.60. The van der Waals surface area contributed by atoms with Crippen LogP contribution in [-0.2, 0) is 14.3 Å². The minimum absolute atomic E-state index is 0.0622. The molecule has 2 fully saturated rings. The third-order valence-electron chi connectivity index (χ3n) is 5.35. The number of carbonyl (C=O) groups is 2. The van der Waals surface area contributed by atoms with Crippen LogP contribution in [0.25, 0.3) is 0 Å². The number of rotatable bonds is 4. The predicted molar refractivity (Wildman–Crippen MR) is 80.2 cm³/mol. The van der Waals surface area contributed by atoms with Gasteiger partial charge in [-0.2, -0.15) is 0 Å². The van der Waals surface area contributed by atoms with Crippen LogP contribution in [0.1, 0.15) is 46.0 Å². The van der Waals surface area contributed by atoms with Crippen molar-refractivity contribution in [2.24, 2.45) is 5.41 Å². The van der Waals surface area contributed by atoms with Gasteiger partial charge in [-0.3, -0.25) is 9.59 Å². The van der Waals surface area contributed by atoms with E-state index in [2.05, 4.69) is 0 Å². The van der Waals surface area contributed by atoms with Crippen LogP contribution in [0.3, 0.4) is 0 Å². The van der Waals surface area contributed by atoms with E-state index in [-0.39, 0.29) is 37.0 Å². The van der Waals surface area contributed by atoms with Crippen molar-refractivity contribution in [3.8, 4) is 0 Å². The number of hydrogen-bond acceptors (Lipinski definition) is 5. The van der Waals surface area contributed by atoms with E-state index in [1.54, 1.807) is 18.9 Å². The Morgan fingerprint density at radius 1 is 1.50 bits per heavy atom. The third-order valence-corrected chi connectivity index (χ3v) is 5.35. The molecule has 1 heterocycles. The Morgan fingerprint density at radius 3 is 2.77 bits per heavy atom. The van der Waals surface area contributed by atoms with Gasteiger partial charge >= 0.3 is 0 Å². The molecule has 1 saturated heterocycles. The van der Waals surface area contributed by atoms with Gasteiger partial charge in [0.1, 0.15) is 11.5 Å². The standard InChI is InChI=1S/C16H27NO5/c1-4-16(12(18)7-8-15(2,21)13(16)19)14(20)17-9-5-6-11(17)10-22-3/h11,13,19,21H,4-10H2,1-3H3/t11-,13+,15-,16+/m0/s1. The Morgan fingerprint density at radius 2 is 2.18 bits per heavy atom. The number of Topliss-reactive ketones (excluding diaryl/α,β-unsaturated/α-hetero) is 1. The van der Waals surface area contributed by atoms with E-state index < -0.39 is 17.1 Å². The maximum atomic E-state index is 13.1. The second-order valence-electron chi connectivity index (χ2n) is 6.76. The molecule has 1 aliphatic heterocycles. The largest absolute Gasteiger partial charge is 0.389 e. The van der Waals surface area contributed by atoms with Crippen molar-refractivity contribution in [1.29, 1.82) is 0 Å². The van der Waals surface area contributed by atoms with Crippen LogP contribution in [0.5, 0.6) is 0 Å². The molecule has 0 aromatic heterocycles. The molecule has 1 saturated carbocycles. The lowest BCUT2D eigenvalue weighted by atomic mass is 9.62. The summed E-state index contributed by atoms with van der Waals surface area (Å²) < 4.78 is 5.16. The molecule has 126 valence electrons. The fraction of sp³-hybridized carbons (Fsp3) is 0.875. The molecule has 0 radical (unpaired) electrons. The normalized spacial score (nSPS) is 39.3. The average molecular weight is 313 g/mol. The van der Waals surface area contributed by atoms with Gasteiger partial charge in [-0.05, 0) is 32.6 Å². The monoisotopic (exact) mass is 313 g/mol. The molecule has 6 nitrogen and oxygen atoms in total. The van der Waals surface area contributed by atoms with Gasteiger partial charge in [0.25, 0.3) is 0 Å². The van der Waals surface area contributed by atoms with E-state index in [9.17, 15) is 19.8 Å². The molecule has 6 heteroatoms. The molecule has 1 aliphatic carbocycles. The van der Waals surface area contributed by atoms with Gasteiger partial charge in [0.15, 0.2) is 5.78 Å². The highest BCUT2D eigenvalue weighted by Crippen LogP contribution is 2.44. The summed E-state index contributed by atoms with van der Waals surface area (Å²) in [7, 11) is 1.59. The van der Waals surface area contributed by atoms with Crippen molar-refractivity contribution in [2.45, 2.75) is 63.7 Å². The lowest BCUT2D eigenvalue weighted by Crippen LogP contribution is -2.65. The van der Waals surface area contributed by atoms with Gasteiger partial charge in [0.2, 0.25) is 5.91 Å². The van der Waals surface area contributed by atoms with Crippen LogP contribution in [0.4, 0.5) is 0 Å². The Kier molecular flexibility index (Phi) is 4.94. The number of amides is 1. The van der Waals surface area contributed by atoms with Crippen molar-refractivity contribution in [1.82, 2.24) is 4.90 Å². The maximum absolute atomic E-state index is 13.1. The highest BCUT2D eigenvalue weighted by molar-refractivity contribution is 6.07. The molecule has 1 amide bonds. The number of likely N-dealkylation sites (tertiary alicyclic amines) is 1. The summed E-state index contributed by atoms with van der Waals surface area (Å²) in [5, 5.41) is 21.0. The number of carbonyl (C=O) groups excluding carboxylic acids is 2. The van der Waals surface area contributed by atoms with Crippen LogP contribution in [-0.4, -0.2) is 64.8 Å². The van der Waals surface area contributed by atoms with Crippen LogP contribution in [0, 0.1) is 5.41 Å². The molecule has 0 spiro atoms. The van der Waals surface area contributed by atoms with Gasteiger partial charge in [-0.1, -0.05) is 6.92 Å². The molecule has 0 aromatic rings. The van der Waals surface area contributed by atoms with Crippen LogP contribution >= 0.6 is 0 Å². The predicted octanol–water partition coefficient (Wildman–Crippen LogP) is 0.495. The van der Waals surface area contributed by atoms with E-state index in [4.69, 9.17) is 4.74 Å². The summed E-state index contributed by atoms with van der Waals surface area (Å²) in [6.07, 6.45) is 0.816. The second kappa shape index (κ2) is 6.26. The number of ketones is 1. The number of aliphatic hydroxyl groups is 2. The molecule has 2 rings (SSSR count). The van der Waals surface area contributed by atoms with Gasteiger partial charge in [-0.15, -0.1) is 0 Å². The zero-order valence-corrected chi connectivity index (χ0v) is 13.7. The van der Waals surface area contributed by atoms with Crippen molar-refractivity contribution < 1.29 is 24.5 Å². The number of hydrogen-bond donors (Lipinski definition) is 2. The number of aliphatic hydroxyl groups excluding tert-OH is 1. The topological polar surface area (TPSA) is 87.1 Å². The molecule has 2 aliphatic rings. The molecule has 0 bridgehead atoms. The number of nitrogens with zero attached hydrogens (tertiary/aromatic N) is 1. The summed E-state index contributed by atoms with van der Waals surface area (Å²) in [6.45, 7) is 4.21. The Hall–Kier alpha value is -0.980. The molecule has 0 unspecified atom stereocenters. The lowest BCUT2D eigenvalue weighted by Gasteiger charge is -2.47.